The average molecular weight is 529 g/mol. The van der Waals surface area contributed by atoms with Gasteiger partial charge in [-0.25, -0.2) is 4.79 Å². The molecule has 0 saturated carbocycles. The second-order valence-electron chi connectivity index (χ2n) is 8.64. The van der Waals surface area contributed by atoms with E-state index in [2.05, 4.69) is 15.6 Å². The molecule has 0 aromatic rings. The van der Waals surface area contributed by atoms with E-state index in [0.29, 0.717) is 6.42 Å². The van der Waals surface area contributed by atoms with Gasteiger partial charge in [0.1, 0.15) is 18.1 Å². The number of hydrogen-bond acceptors (Lipinski definition) is 8. The first-order valence-electron chi connectivity index (χ1n) is 11.8. The van der Waals surface area contributed by atoms with Crippen molar-refractivity contribution in [3.63, 3.8) is 0 Å². The Morgan fingerprint density at radius 2 is 1.57 bits per heavy atom. The fourth-order valence-electron chi connectivity index (χ4n) is 3.76. The minimum Gasteiger partial charge on any atom is -0.481 e. The lowest BCUT2D eigenvalue weighted by atomic mass is 10.1. The molecule has 1 saturated heterocycles. The molecule has 0 aliphatic carbocycles. The molecule has 16 heteroatoms. The highest BCUT2D eigenvalue weighted by Crippen LogP contribution is 2.20. The molecule has 1 rings (SSSR count). The van der Waals surface area contributed by atoms with Gasteiger partial charge in [0.15, 0.2) is 5.96 Å². The Labute approximate surface area is 213 Å². The Morgan fingerprint density at radius 3 is 2.14 bits per heavy atom. The normalized spacial score (nSPS) is 17.2. The van der Waals surface area contributed by atoms with Crippen LogP contribution in [-0.2, 0) is 28.8 Å². The number of carbonyl (C=O) groups is 6. The summed E-state index contributed by atoms with van der Waals surface area (Å²) in [6, 6.07) is -4.77. The number of aliphatic imine (C=N–C) groups is 1. The number of rotatable bonds is 16. The monoisotopic (exact) mass is 528 g/mol. The molecule has 0 aromatic carbocycles. The zero-order valence-electron chi connectivity index (χ0n) is 20.4. The summed E-state index contributed by atoms with van der Waals surface area (Å²) in [5, 5.41) is 23.1. The largest absolute Gasteiger partial charge is 0.481 e. The third-order valence-electron chi connectivity index (χ3n) is 5.70. The number of carboxylic acids is 2. The number of amides is 4. The van der Waals surface area contributed by atoms with Crippen molar-refractivity contribution in [1.29, 1.82) is 0 Å². The molecule has 0 radical (unpaired) electrons. The van der Waals surface area contributed by atoms with Crippen molar-refractivity contribution < 1.29 is 39.0 Å². The zero-order chi connectivity index (χ0) is 28.1. The van der Waals surface area contributed by atoms with Gasteiger partial charge in [0.25, 0.3) is 0 Å². The van der Waals surface area contributed by atoms with Crippen molar-refractivity contribution in [3.8, 4) is 0 Å². The fourth-order valence-corrected chi connectivity index (χ4v) is 3.76. The molecule has 1 aliphatic rings. The van der Waals surface area contributed by atoms with Crippen molar-refractivity contribution in [2.75, 3.05) is 13.1 Å². The molecule has 12 N–H and O–H groups in total. The van der Waals surface area contributed by atoms with Crippen LogP contribution in [0.15, 0.2) is 4.99 Å². The van der Waals surface area contributed by atoms with Crippen LogP contribution < -0.4 is 33.6 Å². The topological polar surface area (TPSA) is 287 Å². The van der Waals surface area contributed by atoms with Gasteiger partial charge in [-0.1, -0.05) is 0 Å². The fraction of sp³-hybridized carbons (Fsp3) is 0.667. The molecule has 4 amide bonds. The number of aliphatic carboxylic acids is 2. The number of hydrogen-bond donors (Lipinski definition) is 8. The minimum atomic E-state index is -1.28. The molecule has 208 valence electrons. The van der Waals surface area contributed by atoms with E-state index in [1.807, 2.05) is 0 Å². The summed E-state index contributed by atoms with van der Waals surface area (Å²) < 4.78 is 0. The number of likely N-dealkylation sites (tertiary alicyclic amines) is 1. The Kier molecular flexibility index (Phi) is 12.8. The number of guanidine groups is 1. The highest BCUT2D eigenvalue weighted by atomic mass is 16.4. The molecule has 4 atom stereocenters. The lowest BCUT2D eigenvalue weighted by molar-refractivity contribution is -0.149. The Hall–Kier alpha value is -3.95. The van der Waals surface area contributed by atoms with E-state index < -0.39 is 59.7 Å². The van der Waals surface area contributed by atoms with Crippen LogP contribution in [0, 0.1) is 0 Å². The third-order valence-corrected chi connectivity index (χ3v) is 5.70. The highest BCUT2D eigenvalue weighted by molar-refractivity contribution is 5.94. The molecule has 16 nitrogen and oxygen atoms in total. The Morgan fingerprint density at radius 1 is 0.919 bits per heavy atom. The van der Waals surface area contributed by atoms with Crippen LogP contribution >= 0.6 is 0 Å². The van der Waals surface area contributed by atoms with Gasteiger partial charge in [-0.05, 0) is 38.5 Å². The number of primary amides is 1. The van der Waals surface area contributed by atoms with Crippen molar-refractivity contribution in [3.05, 3.63) is 0 Å². The first-order valence-corrected chi connectivity index (χ1v) is 11.8. The lowest BCUT2D eigenvalue weighted by Crippen LogP contribution is -2.57. The first kappa shape index (κ1) is 31.1. The molecular formula is C21H36N8O8. The molecule has 1 fully saturated rings. The predicted octanol–water partition coefficient (Wildman–Crippen LogP) is -3.46. The van der Waals surface area contributed by atoms with E-state index in [1.54, 1.807) is 0 Å². The summed E-state index contributed by atoms with van der Waals surface area (Å²) in [5.41, 5.74) is 21.5. The zero-order valence-corrected chi connectivity index (χ0v) is 20.4. The molecule has 1 heterocycles. The average Bonchev–Trinajstić information content (AvgIpc) is 3.31. The van der Waals surface area contributed by atoms with E-state index in [1.165, 1.54) is 0 Å². The standard InChI is InChI=1S/C21H36N8O8/c22-11(5-8-16(31)32)17(33)27-12(3-1-9-26-21(24)25)18(34)28-13(6-7-15(23)30)19(35)29-10-2-4-14(29)20(36)37/h11-14H,1-10,22H2,(H2,23,30)(H,27,33)(H,28,34)(H,31,32)(H,36,37)(H4,24,25,26). The van der Waals surface area contributed by atoms with Crippen molar-refractivity contribution in [1.82, 2.24) is 15.5 Å². The van der Waals surface area contributed by atoms with Gasteiger partial charge < -0.3 is 48.7 Å². The molecule has 0 bridgehead atoms. The lowest BCUT2D eigenvalue weighted by Gasteiger charge is -2.29. The van der Waals surface area contributed by atoms with Gasteiger partial charge in [-0.15, -0.1) is 0 Å². The molecular weight excluding hydrogens is 492 g/mol. The van der Waals surface area contributed by atoms with Crippen LogP contribution in [0.5, 0.6) is 0 Å². The molecule has 1 aliphatic heterocycles. The smallest absolute Gasteiger partial charge is 0.326 e. The van der Waals surface area contributed by atoms with Gasteiger partial charge in [0, 0.05) is 25.9 Å². The van der Waals surface area contributed by atoms with E-state index in [4.69, 9.17) is 28.0 Å². The van der Waals surface area contributed by atoms with Gasteiger partial charge in [-0.3, -0.25) is 29.0 Å². The number of carbonyl (C=O) groups excluding carboxylic acids is 4. The summed E-state index contributed by atoms with van der Waals surface area (Å²) in [7, 11) is 0. The summed E-state index contributed by atoms with van der Waals surface area (Å²) in [4.78, 5) is 77.3. The van der Waals surface area contributed by atoms with Crippen LogP contribution in [0.1, 0.15) is 51.4 Å². The van der Waals surface area contributed by atoms with Crippen LogP contribution in [0.2, 0.25) is 0 Å². The van der Waals surface area contributed by atoms with Gasteiger partial charge in [0.2, 0.25) is 23.6 Å². The number of nitrogens with two attached hydrogens (primary N) is 4. The highest BCUT2D eigenvalue weighted by Gasteiger charge is 2.38. The quantitative estimate of drug-likeness (QED) is 0.0553. The van der Waals surface area contributed by atoms with Gasteiger partial charge in [-0.2, -0.15) is 0 Å². The maximum absolute atomic E-state index is 13.1. The maximum Gasteiger partial charge on any atom is 0.326 e. The Bertz CT molecular complexity index is 892. The molecule has 0 spiro atoms. The predicted molar refractivity (Wildman–Crippen MR) is 129 cm³/mol. The number of nitrogens with one attached hydrogen (secondary N) is 2. The third kappa shape index (κ3) is 11.1. The second kappa shape index (κ2) is 15.2. The van der Waals surface area contributed by atoms with E-state index in [9.17, 15) is 33.9 Å². The summed E-state index contributed by atoms with van der Waals surface area (Å²) in [5.74, 6) is -5.50. The van der Waals surface area contributed by atoms with Crippen LogP contribution in [0.4, 0.5) is 0 Å². The van der Waals surface area contributed by atoms with Crippen LogP contribution in [0.25, 0.3) is 0 Å². The Balaban J connectivity index is 3.04. The number of nitrogens with zero attached hydrogens (tertiary/aromatic N) is 2. The van der Waals surface area contributed by atoms with Crippen LogP contribution in [-0.4, -0.2) is 93.9 Å². The summed E-state index contributed by atoms with van der Waals surface area (Å²) >= 11 is 0. The molecule has 4 unspecified atom stereocenters. The van der Waals surface area contributed by atoms with Crippen molar-refractivity contribution >= 4 is 41.5 Å². The van der Waals surface area contributed by atoms with Crippen molar-refractivity contribution in [2.24, 2.45) is 27.9 Å². The molecule has 0 aromatic heterocycles. The SMILES string of the molecule is NC(=O)CCC(NC(=O)C(CCCN=C(N)N)NC(=O)C(N)CCC(=O)O)C(=O)N1CCCC1C(=O)O. The van der Waals surface area contributed by atoms with Crippen LogP contribution in [0.3, 0.4) is 0 Å². The van der Waals surface area contributed by atoms with E-state index in [0.717, 1.165) is 4.90 Å². The summed E-state index contributed by atoms with van der Waals surface area (Å²) in [6.07, 6.45) is -0.00747. The molecule has 37 heavy (non-hydrogen) atoms. The maximum atomic E-state index is 13.1. The van der Waals surface area contributed by atoms with Gasteiger partial charge >= 0.3 is 11.9 Å². The summed E-state index contributed by atoms with van der Waals surface area (Å²) in [6.45, 7) is 0.293. The van der Waals surface area contributed by atoms with E-state index in [-0.39, 0.29) is 64.0 Å². The number of carboxylic acid groups (broad SMARTS) is 2. The van der Waals surface area contributed by atoms with Gasteiger partial charge in [0.05, 0.1) is 6.04 Å². The second-order valence-corrected chi connectivity index (χ2v) is 8.64. The van der Waals surface area contributed by atoms with Crippen molar-refractivity contribution in [2.45, 2.75) is 75.5 Å². The first-order chi connectivity index (χ1) is 17.3. The van der Waals surface area contributed by atoms with E-state index >= 15 is 0 Å². The minimum absolute atomic E-state index is 0.0260.